The monoisotopic (exact) mass is 273 g/mol. The van der Waals surface area contributed by atoms with Crippen molar-refractivity contribution in [3.8, 4) is 0 Å². The SMILES string of the molecule is CC(CN1CNc2c(N)ncnc21)OCP(O)O. The van der Waals surface area contributed by atoms with Crippen LogP contribution in [-0.2, 0) is 4.74 Å². The molecule has 0 amide bonds. The Labute approximate surface area is 106 Å². The third-order valence-electron chi connectivity index (χ3n) is 2.55. The van der Waals surface area contributed by atoms with Crippen molar-refractivity contribution in [2.75, 3.05) is 35.5 Å². The van der Waals surface area contributed by atoms with Crippen molar-refractivity contribution in [1.29, 1.82) is 0 Å². The molecule has 100 valence electrons. The van der Waals surface area contributed by atoms with E-state index < -0.39 is 8.38 Å². The zero-order chi connectivity index (χ0) is 13.1. The zero-order valence-electron chi connectivity index (χ0n) is 9.94. The van der Waals surface area contributed by atoms with Crippen LogP contribution in [-0.4, -0.2) is 45.4 Å². The van der Waals surface area contributed by atoms with E-state index in [9.17, 15) is 0 Å². The number of ether oxygens (including phenoxy) is 1. The summed E-state index contributed by atoms with van der Waals surface area (Å²) in [7, 11) is -2.01. The van der Waals surface area contributed by atoms with Crippen LogP contribution in [0.4, 0.5) is 17.3 Å². The quantitative estimate of drug-likeness (QED) is 0.550. The molecule has 1 unspecified atom stereocenters. The molecule has 0 aromatic carbocycles. The van der Waals surface area contributed by atoms with Crippen LogP contribution in [0.2, 0.25) is 0 Å². The number of nitrogens with one attached hydrogen (secondary N) is 1. The van der Waals surface area contributed by atoms with Gasteiger partial charge < -0.3 is 30.5 Å². The molecule has 2 heterocycles. The van der Waals surface area contributed by atoms with Gasteiger partial charge in [-0.05, 0) is 6.92 Å². The summed E-state index contributed by atoms with van der Waals surface area (Å²) in [6.45, 7) is 3.03. The molecule has 8 nitrogen and oxygen atoms in total. The highest BCUT2D eigenvalue weighted by Gasteiger charge is 2.24. The van der Waals surface area contributed by atoms with Crippen molar-refractivity contribution in [2.45, 2.75) is 13.0 Å². The fourth-order valence-corrected chi connectivity index (χ4v) is 2.14. The van der Waals surface area contributed by atoms with Gasteiger partial charge in [-0.25, -0.2) is 9.97 Å². The van der Waals surface area contributed by atoms with Crippen LogP contribution in [0.15, 0.2) is 6.33 Å². The van der Waals surface area contributed by atoms with E-state index >= 15 is 0 Å². The van der Waals surface area contributed by atoms with Gasteiger partial charge in [-0.3, -0.25) is 0 Å². The molecule has 0 fully saturated rings. The van der Waals surface area contributed by atoms with Crippen molar-refractivity contribution in [1.82, 2.24) is 9.97 Å². The molecule has 0 saturated heterocycles. The minimum Gasteiger partial charge on any atom is -0.382 e. The number of nitrogens with two attached hydrogens (primary N) is 1. The van der Waals surface area contributed by atoms with Crippen molar-refractivity contribution in [2.24, 2.45) is 0 Å². The van der Waals surface area contributed by atoms with Gasteiger partial charge in [0.25, 0.3) is 0 Å². The number of rotatable bonds is 5. The predicted molar refractivity (Wildman–Crippen MR) is 69.1 cm³/mol. The molecule has 2 rings (SSSR count). The van der Waals surface area contributed by atoms with Gasteiger partial charge in [0, 0.05) is 6.54 Å². The Balaban J connectivity index is 1.95. The Hall–Kier alpha value is -1.21. The van der Waals surface area contributed by atoms with Gasteiger partial charge >= 0.3 is 0 Å². The van der Waals surface area contributed by atoms with Crippen molar-refractivity contribution < 1.29 is 14.5 Å². The topological polar surface area (TPSA) is 117 Å². The van der Waals surface area contributed by atoms with Gasteiger partial charge in [-0.2, -0.15) is 0 Å². The van der Waals surface area contributed by atoms with Gasteiger partial charge in [0.15, 0.2) is 20.0 Å². The second-order valence-electron chi connectivity index (χ2n) is 3.99. The molecule has 1 aromatic heterocycles. The van der Waals surface area contributed by atoms with E-state index in [0.717, 1.165) is 11.5 Å². The van der Waals surface area contributed by atoms with Crippen molar-refractivity contribution in [3.05, 3.63) is 6.33 Å². The summed E-state index contributed by atoms with van der Waals surface area (Å²) < 4.78 is 5.30. The third kappa shape index (κ3) is 2.97. The normalized spacial score (nSPS) is 15.7. The summed E-state index contributed by atoms with van der Waals surface area (Å²) in [4.78, 5) is 27.6. The third-order valence-corrected chi connectivity index (χ3v) is 2.93. The molecular weight excluding hydrogens is 257 g/mol. The fraction of sp³-hybridized carbons (Fsp3) is 0.556. The molecule has 18 heavy (non-hydrogen) atoms. The fourth-order valence-electron chi connectivity index (χ4n) is 1.76. The molecule has 0 saturated carbocycles. The molecular formula is C9H16N5O3P. The molecule has 1 aliphatic heterocycles. The Bertz CT molecular complexity index is 419. The van der Waals surface area contributed by atoms with Crippen LogP contribution in [0.3, 0.4) is 0 Å². The first kappa shape index (κ1) is 13.2. The second kappa shape index (κ2) is 5.62. The Morgan fingerprint density at radius 2 is 2.39 bits per heavy atom. The smallest absolute Gasteiger partial charge is 0.192 e. The molecule has 5 N–H and O–H groups in total. The lowest BCUT2D eigenvalue weighted by Gasteiger charge is -2.21. The highest BCUT2D eigenvalue weighted by molar-refractivity contribution is 7.44. The van der Waals surface area contributed by atoms with Crippen LogP contribution >= 0.6 is 8.38 Å². The first-order valence-corrected chi connectivity index (χ1v) is 6.87. The number of nitrogen functional groups attached to an aromatic ring is 1. The highest BCUT2D eigenvalue weighted by Crippen LogP contribution is 2.32. The zero-order valence-corrected chi connectivity index (χ0v) is 10.8. The summed E-state index contributed by atoms with van der Waals surface area (Å²) in [5, 5.41) is 3.11. The van der Waals surface area contributed by atoms with Crippen LogP contribution in [0.5, 0.6) is 0 Å². The summed E-state index contributed by atoms with van der Waals surface area (Å²) in [6.07, 6.45) is 1.23. The van der Waals surface area contributed by atoms with E-state index in [2.05, 4.69) is 15.3 Å². The molecule has 0 aliphatic carbocycles. The van der Waals surface area contributed by atoms with E-state index in [4.69, 9.17) is 20.3 Å². The highest BCUT2D eigenvalue weighted by atomic mass is 31.2. The molecule has 0 spiro atoms. The Morgan fingerprint density at radius 1 is 1.61 bits per heavy atom. The average Bonchev–Trinajstić information content (AvgIpc) is 2.72. The number of fused-ring (bicyclic) bond motifs is 1. The van der Waals surface area contributed by atoms with E-state index in [-0.39, 0.29) is 12.5 Å². The minimum atomic E-state index is -2.01. The van der Waals surface area contributed by atoms with Gasteiger partial charge in [0.1, 0.15) is 18.4 Å². The molecule has 0 bridgehead atoms. The number of aromatic nitrogens is 2. The minimum absolute atomic E-state index is 0.0451. The van der Waals surface area contributed by atoms with Crippen LogP contribution in [0.25, 0.3) is 0 Å². The summed E-state index contributed by atoms with van der Waals surface area (Å²) in [5.74, 6) is 1.17. The lowest BCUT2D eigenvalue weighted by Crippen LogP contribution is -2.32. The van der Waals surface area contributed by atoms with Gasteiger partial charge in [0.05, 0.1) is 12.8 Å². The molecule has 1 atom stereocenters. The maximum Gasteiger partial charge on any atom is 0.192 e. The molecule has 0 radical (unpaired) electrons. The van der Waals surface area contributed by atoms with E-state index in [0.29, 0.717) is 19.0 Å². The number of hydrogen-bond acceptors (Lipinski definition) is 8. The van der Waals surface area contributed by atoms with Crippen LogP contribution in [0, 0.1) is 0 Å². The first-order valence-electron chi connectivity index (χ1n) is 5.44. The van der Waals surface area contributed by atoms with Gasteiger partial charge in [-0.1, -0.05) is 0 Å². The summed E-state index contributed by atoms with van der Waals surface area (Å²) in [6, 6.07) is 0. The lowest BCUT2D eigenvalue weighted by molar-refractivity contribution is 0.0997. The van der Waals surface area contributed by atoms with Gasteiger partial charge in [-0.15, -0.1) is 0 Å². The van der Waals surface area contributed by atoms with Crippen molar-refractivity contribution in [3.63, 3.8) is 0 Å². The lowest BCUT2D eigenvalue weighted by atomic mass is 10.3. The van der Waals surface area contributed by atoms with Gasteiger partial charge in [0.2, 0.25) is 0 Å². The largest absolute Gasteiger partial charge is 0.382 e. The standard InChI is InChI=1S/C9H16N5O3P/c1-6(17-5-18(15)16)2-14-4-13-7-8(10)11-3-12-9(7)14/h3,6,13,15-16H,2,4-5H2,1H3,(H2,10,11,12). The number of hydrogen-bond donors (Lipinski definition) is 4. The summed E-state index contributed by atoms with van der Waals surface area (Å²) >= 11 is 0. The molecule has 1 aliphatic rings. The Kier molecular flexibility index (Phi) is 4.13. The second-order valence-corrected chi connectivity index (χ2v) is 5.00. The summed E-state index contributed by atoms with van der Waals surface area (Å²) in [5.41, 5.74) is 6.46. The van der Waals surface area contributed by atoms with E-state index in [1.165, 1.54) is 6.33 Å². The first-order chi connectivity index (χ1) is 8.58. The van der Waals surface area contributed by atoms with E-state index in [1.807, 2.05) is 11.8 Å². The Morgan fingerprint density at radius 3 is 3.11 bits per heavy atom. The van der Waals surface area contributed by atoms with Crippen LogP contribution < -0.4 is 16.0 Å². The molecule has 9 heteroatoms. The van der Waals surface area contributed by atoms with E-state index in [1.54, 1.807) is 0 Å². The number of nitrogens with zero attached hydrogens (tertiary/aromatic N) is 3. The predicted octanol–water partition coefficient (Wildman–Crippen LogP) is -0.0927. The maximum absolute atomic E-state index is 8.79. The maximum atomic E-state index is 8.79. The number of anilines is 3. The molecule has 1 aromatic rings. The van der Waals surface area contributed by atoms with Crippen LogP contribution in [0.1, 0.15) is 6.92 Å². The average molecular weight is 273 g/mol. The van der Waals surface area contributed by atoms with Crippen molar-refractivity contribution >= 4 is 25.7 Å².